The summed E-state index contributed by atoms with van der Waals surface area (Å²) in [6.07, 6.45) is 1.60. The molecule has 4 rings (SSSR count). The van der Waals surface area contributed by atoms with Gasteiger partial charge < -0.3 is 0 Å². The van der Waals surface area contributed by atoms with E-state index in [4.69, 9.17) is 0 Å². The molecule has 0 aromatic heterocycles. The van der Waals surface area contributed by atoms with Gasteiger partial charge in [0.15, 0.2) is 5.78 Å². The van der Waals surface area contributed by atoms with Gasteiger partial charge in [0.05, 0.1) is 0 Å². The number of ketones is 1. The molecule has 2 aliphatic rings. The van der Waals surface area contributed by atoms with Crippen LogP contribution in [0.15, 0.2) is 59.8 Å². The van der Waals surface area contributed by atoms with E-state index in [0.29, 0.717) is 12.8 Å². The summed E-state index contributed by atoms with van der Waals surface area (Å²) < 4.78 is 0. The van der Waals surface area contributed by atoms with E-state index in [9.17, 15) is 9.59 Å². The Labute approximate surface area is 167 Å². The zero-order chi connectivity index (χ0) is 20.1. The quantitative estimate of drug-likeness (QED) is 0.700. The third-order valence-corrected chi connectivity index (χ3v) is 5.88. The maximum atomic E-state index is 13.3. The lowest BCUT2D eigenvalue weighted by Crippen LogP contribution is -2.43. The molecule has 2 aromatic carbocycles. The summed E-state index contributed by atoms with van der Waals surface area (Å²) in [7, 11) is 0. The van der Waals surface area contributed by atoms with E-state index < -0.39 is 0 Å². The number of nitrogens with zero attached hydrogens (tertiary/aromatic N) is 1. The van der Waals surface area contributed by atoms with Crippen LogP contribution in [-0.2, 0) is 9.59 Å². The van der Waals surface area contributed by atoms with Crippen LogP contribution >= 0.6 is 0 Å². The Balaban J connectivity index is 1.89. The molecule has 0 bridgehead atoms. The molecule has 1 atom stereocenters. The lowest BCUT2D eigenvalue weighted by Gasteiger charge is -2.43. The summed E-state index contributed by atoms with van der Waals surface area (Å²) in [5, 5.41) is 0. The molecule has 0 saturated heterocycles. The molecule has 3 nitrogen and oxygen atoms in total. The normalized spacial score (nSPS) is 21.7. The van der Waals surface area contributed by atoms with E-state index in [1.54, 1.807) is 0 Å². The smallest absolute Gasteiger partial charge is 0.232 e. The van der Waals surface area contributed by atoms with Crippen LogP contribution in [0.25, 0.3) is 0 Å². The Kier molecular flexibility index (Phi) is 4.49. The maximum absolute atomic E-state index is 13.3. The van der Waals surface area contributed by atoms with Crippen molar-refractivity contribution in [1.82, 2.24) is 0 Å². The number of anilines is 1. The van der Waals surface area contributed by atoms with Crippen LogP contribution in [0.4, 0.5) is 5.69 Å². The van der Waals surface area contributed by atoms with E-state index in [1.165, 1.54) is 5.56 Å². The topological polar surface area (TPSA) is 37.4 Å². The molecule has 0 spiro atoms. The zero-order valence-electron chi connectivity index (χ0n) is 17.1. The van der Waals surface area contributed by atoms with Crippen LogP contribution in [0, 0.1) is 19.3 Å². The van der Waals surface area contributed by atoms with Crippen molar-refractivity contribution in [2.45, 2.75) is 52.9 Å². The van der Waals surface area contributed by atoms with E-state index in [2.05, 4.69) is 38.1 Å². The summed E-state index contributed by atoms with van der Waals surface area (Å²) in [6, 6.07) is 16.2. The predicted molar refractivity (Wildman–Crippen MR) is 112 cm³/mol. The number of carbonyl (C=O) groups is 2. The molecule has 1 heterocycles. The predicted octanol–water partition coefficient (Wildman–Crippen LogP) is 5.47. The Morgan fingerprint density at radius 2 is 1.64 bits per heavy atom. The number of carbonyl (C=O) groups excluding carboxylic acids is 2. The molecular formula is C25H27NO2. The second-order valence-corrected chi connectivity index (χ2v) is 9.04. The lowest BCUT2D eigenvalue weighted by molar-refractivity contribution is -0.121. The highest BCUT2D eigenvalue weighted by Gasteiger charge is 2.44. The van der Waals surface area contributed by atoms with Crippen molar-refractivity contribution in [3.8, 4) is 0 Å². The number of hydrogen-bond acceptors (Lipinski definition) is 2. The molecule has 1 aliphatic heterocycles. The fraction of sp³-hybridized carbons (Fsp3) is 0.360. The highest BCUT2D eigenvalue weighted by molar-refractivity contribution is 6.07. The number of Topliss-reactive ketones (excluding diaryl/α,β-unsaturated/α-hetero) is 1. The van der Waals surface area contributed by atoms with Gasteiger partial charge in [0, 0.05) is 35.7 Å². The molecule has 1 aliphatic carbocycles. The summed E-state index contributed by atoms with van der Waals surface area (Å²) in [5.74, 6) is 0.107. The number of benzene rings is 2. The third kappa shape index (κ3) is 3.30. The second kappa shape index (κ2) is 6.73. The van der Waals surface area contributed by atoms with Crippen LogP contribution in [-0.4, -0.2) is 11.7 Å². The van der Waals surface area contributed by atoms with Gasteiger partial charge in [-0.25, -0.2) is 0 Å². The van der Waals surface area contributed by atoms with Gasteiger partial charge in [-0.2, -0.15) is 0 Å². The number of allylic oxidation sites excluding steroid dienone is 2. The van der Waals surface area contributed by atoms with Gasteiger partial charge in [-0.15, -0.1) is 0 Å². The Morgan fingerprint density at radius 3 is 2.32 bits per heavy atom. The van der Waals surface area contributed by atoms with Crippen molar-refractivity contribution in [1.29, 1.82) is 0 Å². The zero-order valence-corrected chi connectivity index (χ0v) is 17.1. The van der Waals surface area contributed by atoms with Crippen LogP contribution in [0.1, 0.15) is 55.7 Å². The molecule has 1 amide bonds. The Hall–Kier alpha value is -2.68. The van der Waals surface area contributed by atoms with Crippen molar-refractivity contribution >= 4 is 17.4 Å². The minimum atomic E-state index is -0.146. The molecule has 1 unspecified atom stereocenters. The van der Waals surface area contributed by atoms with Crippen LogP contribution in [0.5, 0.6) is 0 Å². The maximum Gasteiger partial charge on any atom is 0.232 e. The highest BCUT2D eigenvalue weighted by atomic mass is 16.2. The SMILES string of the molecule is Cc1ccc(C2CC(=O)N(c3cccc(C)c3)C3=C2C(=O)CC(C)(C)C3)cc1. The molecule has 0 saturated carbocycles. The van der Waals surface area contributed by atoms with Gasteiger partial charge in [-0.3, -0.25) is 14.5 Å². The van der Waals surface area contributed by atoms with E-state index in [1.807, 2.05) is 43.0 Å². The fourth-order valence-electron chi connectivity index (χ4n) is 4.57. The van der Waals surface area contributed by atoms with Crippen LogP contribution in [0.3, 0.4) is 0 Å². The van der Waals surface area contributed by atoms with E-state index >= 15 is 0 Å². The van der Waals surface area contributed by atoms with Crippen molar-refractivity contribution in [3.05, 3.63) is 76.5 Å². The molecule has 0 radical (unpaired) electrons. The summed E-state index contributed by atoms with van der Waals surface area (Å²) in [6.45, 7) is 8.30. The van der Waals surface area contributed by atoms with Gasteiger partial charge in [-0.05, 0) is 48.9 Å². The van der Waals surface area contributed by atoms with Gasteiger partial charge in [0.1, 0.15) is 0 Å². The van der Waals surface area contributed by atoms with Crippen molar-refractivity contribution < 1.29 is 9.59 Å². The second-order valence-electron chi connectivity index (χ2n) is 9.04. The summed E-state index contributed by atoms with van der Waals surface area (Å²) in [5.41, 5.74) is 5.80. The molecule has 0 fully saturated rings. The summed E-state index contributed by atoms with van der Waals surface area (Å²) >= 11 is 0. The minimum Gasteiger partial charge on any atom is -0.294 e. The first kappa shape index (κ1) is 18.7. The Bertz CT molecular complexity index is 982. The number of amides is 1. The van der Waals surface area contributed by atoms with Gasteiger partial charge in [0.2, 0.25) is 5.91 Å². The molecule has 2 aromatic rings. The average molecular weight is 373 g/mol. The first-order valence-electron chi connectivity index (χ1n) is 9.98. The fourth-order valence-corrected chi connectivity index (χ4v) is 4.57. The third-order valence-electron chi connectivity index (χ3n) is 5.88. The molecular weight excluding hydrogens is 346 g/mol. The van der Waals surface area contributed by atoms with Gasteiger partial charge >= 0.3 is 0 Å². The first-order valence-corrected chi connectivity index (χ1v) is 9.98. The molecule has 3 heteroatoms. The number of aryl methyl sites for hydroxylation is 2. The van der Waals surface area contributed by atoms with Crippen molar-refractivity contribution in [3.63, 3.8) is 0 Å². The van der Waals surface area contributed by atoms with E-state index in [0.717, 1.165) is 34.5 Å². The monoisotopic (exact) mass is 373 g/mol. The average Bonchev–Trinajstić information content (AvgIpc) is 2.60. The lowest BCUT2D eigenvalue weighted by atomic mass is 9.69. The van der Waals surface area contributed by atoms with Crippen molar-refractivity contribution in [2.75, 3.05) is 4.90 Å². The number of rotatable bonds is 2. The Morgan fingerprint density at radius 1 is 0.929 bits per heavy atom. The number of hydrogen-bond donors (Lipinski definition) is 0. The van der Waals surface area contributed by atoms with Crippen LogP contribution in [0.2, 0.25) is 0 Å². The van der Waals surface area contributed by atoms with Crippen molar-refractivity contribution in [2.24, 2.45) is 5.41 Å². The van der Waals surface area contributed by atoms with Crippen LogP contribution < -0.4 is 4.90 Å². The molecule has 144 valence electrons. The molecule has 0 N–H and O–H groups in total. The minimum absolute atomic E-state index is 0.0698. The first-order chi connectivity index (χ1) is 13.2. The summed E-state index contributed by atoms with van der Waals surface area (Å²) in [4.78, 5) is 28.4. The van der Waals surface area contributed by atoms with Gasteiger partial charge in [0.25, 0.3) is 0 Å². The molecule has 28 heavy (non-hydrogen) atoms. The highest BCUT2D eigenvalue weighted by Crippen LogP contribution is 2.48. The largest absolute Gasteiger partial charge is 0.294 e. The van der Waals surface area contributed by atoms with E-state index in [-0.39, 0.29) is 23.0 Å². The standard InChI is InChI=1S/C25H27NO2/c1-16-8-10-18(11-9-16)20-13-23(28)26(19-7-5-6-17(2)12-19)21-14-25(3,4)15-22(27)24(20)21/h5-12,20H,13-15H2,1-4H3. The van der Waals surface area contributed by atoms with Gasteiger partial charge in [-0.1, -0.05) is 55.8 Å².